The highest BCUT2D eigenvalue weighted by Gasteiger charge is 2.37. The van der Waals surface area contributed by atoms with E-state index in [-0.39, 0.29) is 29.5 Å². The van der Waals surface area contributed by atoms with Crippen LogP contribution < -0.4 is 21.5 Å². The third kappa shape index (κ3) is 4.31. The summed E-state index contributed by atoms with van der Waals surface area (Å²) in [6.45, 7) is 0.899. The number of guanidine groups is 1. The van der Waals surface area contributed by atoms with Crippen LogP contribution in [0.2, 0.25) is 0 Å². The average Bonchev–Trinajstić information content (AvgIpc) is 3.01. The van der Waals surface area contributed by atoms with Gasteiger partial charge in [-0.25, -0.2) is 13.8 Å². The predicted molar refractivity (Wildman–Crippen MR) is 90.5 cm³/mol. The largest absolute Gasteiger partial charge is 0.339 e. The zero-order valence-corrected chi connectivity index (χ0v) is 14.0. The van der Waals surface area contributed by atoms with Crippen LogP contribution in [0.3, 0.4) is 0 Å². The summed E-state index contributed by atoms with van der Waals surface area (Å²) in [5.41, 5.74) is 6.67. The highest BCUT2D eigenvalue weighted by Crippen LogP contribution is 2.10. The zero-order chi connectivity index (χ0) is 17.0. The number of sulfone groups is 1. The van der Waals surface area contributed by atoms with Crippen molar-refractivity contribution in [3.8, 4) is 0 Å². The Morgan fingerprint density at radius 1 is 1.21 bits per heavy atom. The quantitative estimate of drug-likeness (QED) is 0.495. The molecule has 2 heterocycles. The molecule has 2 saturated heterocycles. The van der Waals surface area contributed by atoms with Gasteiger partial charge in [-0.3, -0.25) is 20.5 Å². The van der Waals surface area contributed by atoms with Gasteiger partial charge >= 0.3 is 0 Å². The Kier molecular flexibility index (Phi) is 5.12. The molecular formula is C15H21N5O3S. The van der Waals surface area contributed by atoms with E-state index >= 15 is 0 Å². The molecule has 2 atom stereocenters. The van der Waals surface area contributed by atoms with Crippen LogP contribution in [0.25, 0.3) is 0 Å². The molecule has 24 heavy (non-hydrogen) atoms. The molecule has 0 spiro atoms. The summed E-state index contributed by atoms with van der Waals surface area (Å²) in [6, 6.07) is 9.12. The lowest BCUT2D eigenvalue weighted by atomic mass is 10.1. The predicted octanol–water partition coefficient (Wildman–Crippen LogP) is -0.883. The van der Waals surface area contributed by atoms with Gasteiger partial charge in [-0.1, -0.05) is 30.3 Å². The number of nitrogens with one attached hydrogen (secondary N) is 4. The van der Waals surface area contributed by atoms with E-state index in [0.717, 1.165) is 5.56 Å². The van der Waals surface area contributed by atoms with Crippen LogP contribution in [-0.4, -0.2) is 45.3 Å². The molecule has 0 bridgehead atoms. The zero-order valence-electron chi connectivity index (χ0n) is 13.2. The lowest BCUT2D eigenvalue weighted by Crippen LogP contribution is -2.61. The molecule has 9 heteroatoms. The Morgan fingerprint density at radius 2 is 2.00 bits per heavy atom. The number of fused-ring (bicyclic) bond motifs is 1. The molecule has 2 fully saturated rings. The molecule has 8 nitrogen and oxygen atoms in total. The number of carbonyl (C=O) groups excluding carboxylic acids is 1. The minimum atomic E-state index is -3.16. The van der Waals surface area contributed by atoms with E-state index in [4.69, 9.17) is 0 Å². The van der Waals surface area contributed by atoms with E-state index < -0.39 is 9.84 Å². The first kappa shape index (κ1) is 16.9. The summed E-state index contributed by atoms with van der Waals surface area (Å²) in [7, 11) is -3.16. The van der Waals surface area contributed by atoms with Gasteiger partial charge in [-0.2, -0.15) is 0 Å². The van der Waals surface area contributed by atoms with E-state index in [9.17, 15) is 13.2 Å². The van der Waals surface area contributed by atoms with Gasteiger partial charge in [0.1, 0.15) is 6.17 Å². The summed E-state index contributed by atoms with van der Waals surface area (Å²) in [5, 5.41) is 5.77. The first-order valence-corrected chi connectivity index (χ1v) is 9.70. The van der Waals surface area contributed by atoms with Gasteiger partial charge in [0.05, 0.1) is 17.4 Å². The van der Waals surface area contributed by atoms with Gasteiger partial charge in [0, 0.05) is 13.1 Å². The van der Waals surface area contributed by atoms with E-state index in [1.165, 1.54) is 0 Å². The summed E-state index contributed by atoms with van der Waals surface area (Å²) >= 11 is 0. The number of hydrazine groups is 1. The molecule has 0 radical (unpaired) electrons. The number of amides is 1. The SMILES string of the molecule is O=C1NC(=NCCCS(=O)(=O)Cc2ccccc2)NC2NNCC12. The van der Waals surface area contributed by atoms with Gasteiger partial charge in [-0.15, -0.1) is 0 Å². The van der Waals surface area contributed by atoms with Gasteiger partial charge in [0.15, 0.2) is 15.8 Å². The molecule has 0 saturated carbocycles. The second-order valence-electron chi connectivity index (χ2n) is 5.90. The third-order valence-electron chi connectivity index (χ3n) is 3.97. The fourth-order valence-electron chi connectivity index (χ4n) is 2.73. The average molecular weight is 351 g/mol. The summed E-state index contributed by atoms with van der Waals surface area (Å²) in [5.74, 6) is 0.233. The van der Waals surface area contributed by atoms with E-state index in [2.05, 4.69) is 26.5 Å². The van der Waals surface area contributed by atoms with Crippen molar-refractivity contribution in [2.75, 3.05) is 18.8 Å². The van der Waals surface area contributed by atoms with Crippen molar-refractivity contribution in [1.29, 1.82) is 0 Å². The Bertz CT molecular complexity index is 720. The summed E-state index contributed by atoms with van der Waals surface area (Å²) in [6.07, 6.45) is 0.231. The minimum absolute atomic E-state index is 0.0404. The lowest BCUT2D eigenvalue weighted by Gasteiger charge is -2.27. The van der Waals surface area contributed by atoms with Crippen LogP contribution in [0, 0.1) is 5.92 Å². The topological polar surface area (TPSA) is 112 Å². The minimum Gasteiger partial charge on any atom is -0.339 e. The molecule has 1 aromatic rings. The summed E-state index contributed by atoms with van der Waals surface area (Å²) < 4.78 is 24.2. The third-order valence-corrected chi connectivity index (χ3v) is 5.65. The van der Waals surface area contributed by atoms with E-state index in [1.54, 1.807) is 12.1 Å². The normalized spacial score (nSPS) is 25.2. The molecule has 1 aromatic carbocycles. The van der Waals surface area contributed by atoms with Gasteiger partial charge < -0.3 is 5.32 Å². The van der Waals surface area contributed by atoms with Crippen LogP contribution in [0.15, 0.2) is 35.3 Å². The number of hydrogen-bond acceptors (Lipinski definition) is 6. The van der Waals surface area contributed by atoms with Crippen molar-refractivity contribution in [1.82, 2.24) is 21.5 Å². The molecule has 130 valence electrons. The maximum atomic E-state index is 12.1. The number of rotatable bonds is 6. The molecular weight excluding hydrogens is 330 g/mol. The Labute approximate surface area is 141 Å². The molecule has 4 N–H and O–H groups in total. The highest BCUT2D eigenvalue weighted by atomic mass is 32.2. The van der Waals surface area contributed by atoms with Gasteiger partial charge in [0.25, 0.3) is 0 Å². The maximum absolute atomic E-state index is 12.1. The molecule has 2 aliphatic heterocycles. The smallest absolute Gasteiger partial charge is 0.234 e. The fourth-order valence-corrected chi connectivity index (χ4v) is 4.15. The van der Waals surface area contributed by atoms with Gasteiger partial charge in [-0.05, 0) is 12.0 Å². The molecule has 2 aliphatic rings. The molecule has 2 unspecified atom stereocenters. The first-order valence-electron chi connectivity index (χ1n) is 7.88. The number of nitrogens with zero attached hydrogens (tertiary/aromatic N) is 1. The lowest BCUT2D eigenvalue weighted by molar-refractivity contribution is -0.124. The van der Waals surface area contributed by atoms with Crippen LogP contribution >= 0.6 is 0 Å². The van der Waals surface area contributed by atoms with Crippen LogP contribution in [-0.2, 0) is 20.4 Å². The standard InChI is InChI=1S/C15H21N5O3S/c21-14-12-9-17-20-13(12)18-15(19-14)16-7-4-8-24(22,23)10-11-5-2-1-3-6-11/h1-3,5-6,12-13,17,20H,4,7-10H2,(H2,16,18,19,21). The molecule has 3 rings (SSSR count). The Morgan fingerprint density at radius 3 is 2.79 bits per heavy atom. The Balaban J connectivity index is 1.47. The van der Waals surface area contributed by atoms with Crippen molar-refractivity contribution >= 4 is 21.7 Å². The van der Waals surface area contributed by atoms with Crippen LogP contribution in [0.1, 0.15) is 12.0 Å². The fraction of sp³-hybridized carbons (Fsp3) is 0.467. The van der Waals surface area contributed by atoms with Crippen molar-refractivity contribution in [3.63, 3.8) is 0 Å². The second-order valence-corrected chi connectivity index (χ2v) is 8.09. The van der Waals surface area contributed by atoms with Crippen LogP contribution in [0.5, 0.6) is 0 Å². The molecule has 1 amide bonds. The number of hydrogen-bond donors (Lipinski definition) is 4. The van der Waals surface area contributed by atoms with E-state index in [1.807, 2.05) is 18.2 Å². The maximum Gasteiger partial charge on any atom is 0.234 e. The monoisotopic (exact) mass is 351 g/mol. The van der Waals surface area contributed by atoms with Crippen LogP contribution in [0.4, 0.5) is 0 Å². The highest BCUT2D eigenvalue weighted by molar-refractivity contribution is 7.90. The molecule has 0 aromatic heterocycles. The van der Waals surface area contributed by atoms with Crippen molar-refractivity contribution < 1.29 is 13.2 Å². The second kappa shape index (κ2) is 7.29. The van der Waals surface area contributed by atoms with E-state index in [0.29, 0.717) is 25.5 Å². The Hall–Kier alpha value is -1.97. The first-order chi connectivity index (χ1) is 11.5. The van der Waals surface area contributed by atoms with Crippen molar-refractivity contribution in [3.05, 3.63) is 35.9 Å². The number of carbonyl (C=O) groups is 1. The molecule has 0 aliphatic carbocycles. The number of aliphatic imine (C=N–C) groups is 1. The van der Waals surface area contributed by atoms with Crippen molar-refractivity contribution in [2.45, 2.75) is 18.3 Å². The van der Waals surface area contributed by atoms with Gasteiger partial charge in [0.2, 0.25) is 5.91 Å². The summed E-state index contributed by atoms with van der Waals surface area (Å²) in [4.78, 5) is 16.1. The van der Waals surface area contributed by atoms with Crippen molar-refractivity contribution in [2.24, 2.45) is 10.9 Å². The number of benzene rings is 1.